The highest BCUT2D eigenvalue weighted by Crippen LogP contribution is 2.30. The van der Waals surface area contributed by atoms with Crippen LogP contribution in [-0.4, -0.2) is 34.2 Å². The van der Waals surface area contributed by atoms with Crippen LogP contribution in [0.1, 0.15) is 19.4 Å². The molecule has 0 radical (unpaired) electrons. The minimum atomic E-state index is -0.218. The summed E-state index contributed by atoms with van der Waals surface area (Å²) in [6, 6.07) is 22.9. The smallest absolute Gasteiger partial charge is 0.283 e. The maximum Gasteiger partial charge on any atom is 0.283 e. The van der Waals surface area contributed by atoms with Gasteiger partial charge in [-0.3, -0.25) is 9.89 Å². The van der Waals surface area contributed by atoms with Crippen molar-refractivity contribution in [1.29, 1.82) is 0 Å². The van der Waals surface area contributed by atoms with Gasteiger partial charge in [-0.25, -0.2) is 9.98 Å². The molecule has 0 aliphatic carbocycles. The predicted octanol–water partition coefficient (Wildman–Crippen LogP) is 5.99. The lowest BCUT2D eigenvalue weighted by atomic mass is 10.0. The number of aliphatic imine (C=N–C) groups is 1. The lowest BCUT2D eigenvalue weighted by molar-refractivity contribution is 0.341. The van der Waals surface area contributed by atoms with E-state index in [1.54, 1.807) is 7.11 Å². The molecule has 0 spiro atoms. The van der Waals surface area contributed by atoms with E-state index < -0.39 is 0 Å². The second kappa shape index (κ2) is 9.60. The van der Waals surface area contributed by atoms with Crippen LogP contribution in [0.3, 0.4) is 0 Å². The Hall–Kier alpha value is -4.17. The van der Waals surface area contributed by atoms with Gasteiger partial charge in [0.1, 0.15) is 17.2 Å². The van der Waals surface area contributed by atoms with Crippen molar-refractivity contribution in [3.05, 3.63) is 88.7 Å². The molecule has 2 heterocycles. The van der Waals surface area contributed by atoms with Gasteiger partial charge in [-0.05, 0) is 62.4 Å². The summed E-state index contributed by atoms with van der Waals surface area (Å²) in [5, 5.41) is 3.86. The van der Waals surface area contributed by atoms with E-state index in [1.807, 2.05) is 86.6 Å². The number of para-hydroxylation sites is 3. The van der Waals surface area contributed by atoms with E-state index >= 15 is 0 Å². The molecule has 5 aromatic rings. The van der Waals surface area contributed by atoms with Gasteiger partial charge in [-0.2, -0.15) is 4.68 Å². The van der Waals surface area contributed by atoms with Crippen LogP contribution in [-0.2, 0) is 0 Å². The molecule has 0 bridgehead atoms. The largest absolute Gasteiger partial charge is 0.497 e. The van der Waals surface area contributed by atoms with E-state index in [0.717, 1.165) is 21.5 Å². The number of methoxy groups -OCH3 is 1. The van der Waals surface area contributed by atoms with Crippen molar-refractivity contribution < 1.29 is 9.47 Å². The van der Waals surface area contributed by atoms with Gasteiger partial charge < -0.3 is 9.47 Å². The number of benzene rings is 3. The summed E-state index contributed by atoms with van der Waals surface area (Å²) in [5.74, 6) is 1.40. The molecule has 3 aromatic carbocycles. The predicted molar refractivity (Wildman–Crippen MR) is 141 cm³/mol. The Morgan fingerprint density at radius 2 is 1.80 bits per heavy atom. The average molecular weight is 485 g/mol. The first-order valence-corrected chi connectivity index (χ1v) is 12.0. The number of aromatic amines is 1. The molecule has 176 valence electrons. The van der Waals surface area contributed by atoms with E-state index in [9.17, 15) is 4.79 Å². The van der Waals surface area contributed by atoms with Crippen LogP contribution < -0.4 is 15.0 Å². The van der Waals surface area contributed by atoms with Crippen LogP contribution in [0.25, 0.3) is 26.6 Å². The van der Waals surface area contributed by atoms with Crippen LogP contribution in [0, 0.1) is 0 Å². The molecule has 0 atom stereocenters. The number of rotatable bonds is 7. The summed E-state index contributed by atoms with van der Waals surface area (Å²) < 4.78 is 13.5. The Morgan fingerprint density at radius 3 is 2.54 bits per heavy atom. The number of aromatic nitrogens is 3. The molecule has 0 aliphatic rings. The van der Waals surface area contributed by atoms with Gasteiger partial charge in [-0.1, -0.05) is 35.6 Å². The zero-order valence-corrected chi connectivity index (χ0v) is 20.4. The van der Waals surface area contributed by atoms with Crippen LogP contribution in [0.4, 0.5) is 5.69 Å². The average Bonchev–Trinajstić information content (AvgIpc) is 3.46. The fraction of sp³-hybridized carbons (Fsp3) is 0.148. The fourth-order valence-electron chi connectivity index (χ4n) is 3.89. The number of ether oxygens (including phenoxy) is 2. The van der Waals surface area contributed by atoms with Crippen molar-refractivity contribution >= 4 is 33.0 Å². The van der Waals surface area contributed by atoms with E-state index in [2.05, 4.69) is 10.1 Å². The molecule has 5 rings (SSSR count). The minimum Gasteiger partial charge on any atom is -0.497 e. The Bertz CT molecular complexity index is 1550. The number of H-pyrrole nitrogens is 1. The molecule has 0 amide bonds. The van der Waals surface area contributed by atoms with Gasteiger partial charge in [0.2, 0.25) is 5.13 Å². The van der Waals surface area contributed by atoms with Crippen molar-refractivity contribution in [2.75, 3.05) is 13.7 Å². The first-order chi connectivity index (χ1) is 17.1. The molecular weight excluding hydrogens is 460 g/mol. The summed E-state index contributed by atoms with van der Waals surface area (Å²) >= 11 is 1.45. The van der Waals surface area contributed by atoms with E-state index in [-0.39, 0.29) is 5.56 Å². The third-order valence-corrected chi connectivity index (χ3v) is 6.58. The first-order valence-electron chi connectivity index (χ1n) is 11.2. The number of fused-ring (bicyclic) bond motifs is 1. The van der Waals surface area contributed by atoms with Crippen LogP contribution in [0.15, 0.2) is 82.6 Å². The van der Waals surface area contributed by atoms with E-state index in [0.29, 0.717) is 40.1 Å². The molecule has 7 nitrogen and oxygen atoms in total. The van der Waals surface area contributed by atoms with Crippen molar-refractivity contribution in [2.45, 2.75) is 13.8 Å². The van der Waals surface area contributed by atoms with Crippen molar-refractivity contribution in [3.63, 3.8) is 0 Å². The quantitative estimate of drug-likeness (QED) is 0.288. The maximum absolute atomic E-state index is 13.8. The standard InChI is InChI=1S/C27H24N4O3S/c1-4-34-22-11-7-5-9-20(22)28-17(2)24-25(18-13-15-19(33-3)16-14-18)30-31(26(24)32)27-29-21-10-6-8-12-23(21)35-27/h5-16,30H,4H2,1-3H3. The molecule has 8 heteroatoms. The molecule has 1 N–H and O–H groups in total. The number of nitrogens with zero attached hydrogens (tertiary/aromatic N) is 3. The molecule has 2 aromatic heterocycles. The van der Waals surface area contributed by atoms with Crippen molar-refractivity contribution in [3.8, 4) is 27.9 Å². The summed E-state index contributed by atoms with van der Waals surface area (Å²) in [7, 11) is 1.62. The summed E-state index contributed by atoms with van der Waals surface area (Å²) in [6.45, 7) is 4.29. The third kappa shape index (κ3) is 4.36. The second-order valence-corrected chi connectivity index (χ2v) is 8.80. The van der Waals surface area contributed by atoms with Gasteiger partial charge in [-0.15, -0.1) is 0 Å². The maximum atomic E-state index is 13.8. The Labute approximate surface area is 206 Å². The molecule has 35 heavy (non-hydrogen) atoms. The number of hydrogen-bond acceptors (Lipinski definition) is 6. The Morgan fingerprint density at radius 1 is 1.06 bits per heavy atom. The Balaban J connectivity index is 1.70. The highest BCUT2D eigenvalue weighted by molar-refractivity contribution is 7.20. The zero-order chi connectivity index (χ0) is 24.4. The zero-order valence-electron chi connectivity index (χ0n) is 19.6. The first kappa shape index (κ1) is 22.6. The van der Waals surface area contributed by atoms with Crippen molar-refractivity contribution in [2.24, 2.45) is 4.99 Å². The van der Waals surface area contributed by atoms with Gasteiger partial charge in [0.25, 0.3) is 5.56 Å². The normalized spacial score (nSPS) is 11.7. The SMILES string of the molecule is CCOc1ccccc1N=C(C)c1c(-c2ccc(OC)cc2)[nH]n(-c2nc3ccccc3s2)c1=O. The monoisotopic (exact) mass is 484 g/mol. The second-order valence-electron chi connectivity index (χ2n) is 7.79. The highest BCUT2D eigenvalue weighted by Gasteiger charge is 2.21. The number of hydrogen-bond donors (Lipinski definition) is 1. The van der Waals surface area contributed by atoms with Gasteiger partial charge in [0, 0.05) is 5.56 Å². The highest BCUT2D eigenvalue weighted by atomic mass is 32.1. The molecular formula is C27H24N4O3S. The topological polar surface area (TPSA) is 81.5 Å². The molecule has 0 saturated heterocycles. The van der Waals surface area contributed by atoms with Crippen LogP contribution in [0.2, 0.25) is 0 Å². The fourth-order valence-corrected chi connectivity index (χ4v) is 4.82. The molecule has 0 unspecified atom stereocenters. The van der Waals surface area contributed by atoms with Crippen LogP contribution in [0.5, 0.6) is 11.5 Å². The molecule has 0 saturated carbocycles. The summed E-state index contributed by atoms with van der Waals surface area (Å²) in [4.78, 5) is 23.2. The van der Waals surface area contributed by atoms with Gasteiger partial charge >= 0.3 is 0 Å². The lowest BCUT2D eigenvalue weighted by Crippen LogP contribution is -2.19. The molecule has 0 fully saturated rings. The summed E-state index contributed by atoms with van der Waals surface area (Å²) in [6.07, 6.45) is 0. The molecule has 0 aliphatic heterocycles. The van der Waals surface area contributed by atoms with E-state index in [1.165, 1.54) is 16.0 Å². The van der Waals surface area contributed by atoms with Gasteiger partial charge in [0.05, 0.1) is 40.9 Å². The van der Waals surface area contributed by atoms with Crippen LogP contribution >= 0.6 is 11.3 Å². The number of nitrogens with one attached hydrogen (secondary N) is 1. The summed E-state index contributed by atoms with van der Waals surface area (Å²) in [5.41, 5.74) is 3.84. The minimum absolute atomic E-state index is 0.218. The van der Waals surface area contributed by atoms with E-state index in [4.69, 9.17) is 14.5 Å². The van der Waals surface area contributed by atoms with Crippen molar-refractivity contribution in [1.82, 2.24) is 14.8 Å². The third-order valence-electron chi connectivity index (χ3n) is 5.56. The Kier molecular flexibility index (Phi) is 6.20. The van der Waals surface area contributed by atoms with Gasteiger partial charge in [0.15, 0.2) is 0 Å². The lowest BCUT2D eigenvalue weighted by Gasteiger charge is -2.08. The number of thiazole rings is 1.